The summed E-state index contributed by atoms with van der Waals surface area (Å²) in [5.74, 6) is 0. The Hall–Kier alpha value is -0.680. The Kier molecular flexibility index (Phi) is 4.96. The maximum absolute atomic E-state index is 6.50. The second-order valence-corrected chi connectivity index (χ2v) is 9.79. The lowest BCUT2D eigenvalue weighted by atomic mass is 9.66. The molecule has 2 heterocycles. The molecule has 142 valence electrons. The molecule has 2 aromatic carbocycles. The highest BCUT2D eigenvalue weighted by Gasteiger charge is 2.55. The molecule has 2 atom stereocenters. The fourth-order valence-electron chi connectivity index (χ4n) is 5.43. The number of rotatable bonds is 2. The third-order valence-electron chi connectivity index (χ3n) is 6.52. The van der Waals surface area contributed by atoms with Crippen molar-refractivity contribution in [3.63, 3.8) is 0 Å². The Bertz CT molecular complexity index is 780. The summed E-state index contributed by atoms with van der Waals surface area (Å²) in [4.78, 5) is 0. The molecule has 0 spiro atoms. The topological polar surface area (TPSA) is 18.5 Å². The van der Waals surface area contributed by atoms with Crippen molar-refractivity contribution in [2.75, 3.05) is 13.2 Å². The first-order valence-electron chi connectivity index (χ1n) is 10.0. The lowest BCUT2D eigenvalue weighted by molar-refractivity contribution is -0.0988. The second kappa shape index (κ2) is 7.29. The Morgan fingerprint density at radius 3 is 1.59 bits per heavy atom. The third kappa shape index (κ3) is 2.87. The lowest BCUT2D eigenvalue weighted by Crippen LogP contribution is -2.53. The first kappa shape index (κ1) is 18.4. The van der Waals surface area contributed by atoms with Crippen molar-refractivity contribution in [1.29, 1.82) is 0 Å². The van der Waals surface area contributed by atoms with Crippen LogP contribution in [-0.4, -0.2) is 25.4 Å². The molecule has 27 heavy (non-hydrogen) atoms. The summed E-state index contributed by atoms with van der Waals surface area (Å²) in [5.41, 5.74) is 5.21. The SMILES string of the molecule is Brc1ccc2c(c1)C(C1CCCCO1)(C1CCCCO1)c1cc(Br)ccc1-2. The molecule has 3 aliphatic rings. The molecule has 2 aromatic rings. The van der Waals surface area contributed by atoms with Crippen molar-refractivity contribution in [3.05, 3.63) is 56.5 Å². The van der Waals surface area contributed by atoms with E-state index in [0.717, 1.165) is 47.8 Å². The number of ether oxygens (including phenoxy) is 2. The van der Waals surface area contributed by atoms with Crippen molar-refractivity contribution in [1.82, 2.24) is 0 Å². The molecule has 2 unspecified atom stereocenters. The van der Waals surface area contributed by atoms with Crippen LogP contribution in [0.4, 0.5) is 0 Å². The predicted molar refractivity (Wildman–Crippen MR) is 115 cm³/mol. The third-order valence-corrected chi connectivity index (χ3v) is 7.51. The Morgan fingerprint density at radius 2 is 1.19 bits per heavy atom. The quantitative estimate of drug-likeness (QED) is 0.470. The minimum absolute atomic E-state index is 0.165. The summed E-state index contributed by atoms with van der Waals surface area (Å²) < 4.78 is 15.3. The van der Waals surface area contributed by atoms with E-state index in [1.165, 1.54) is 35.1 Å². The number of benzene rings is 2. The van der Waals surface area contributed by atoms with Crippen LogP contribution in [0.2, 0.25) is 0 Å². The van der Waals surface area contributed by atoms with E-state index in [9.17, 15) is 0 Å². The number of hydrogen-bond donors (Lipinski definition) is 0. The maximum atomic E-state index is 6.50. The van der Waals surface area contributed by atoms with Crippen LogP contribution in [0.3, 0.4) is 0 Å². The van der Waals surface area contributed by atoms with Crippen LogP contribution < -0.4 is 0 Å². The molecule has 0 amide bonds. The van der Waals surface area contributed by atoms with Crippen molar-refractivity contribution >= 4 is 31.9 Å². The highest BCUT2D eigenvalue weighted by atomic mass is 79.9. The zero-order valence-corrected chi connectivity index (χ0v) is 18.5. The smallest absolute Gasteiger partial charge is 0.0738 e. The molecule has 2 fully saturated rings. The number of hydrogen-bond acceptors (Lipinski definition) is 2. The Labute approximate surface area is 177 Å². The fourth-order valence-corrected chi connectivity index (χ4v) is 6.16. The van der Waals surface area contributed by atoms with Crippen molar-refractivity contribution in [2.24, 2.45) is 0 Å². The van der Waals surface area contributed by atoms with E-state index in [-0.39, 0.29) is 17.6 Å². The van der Waals surface area contributed by atoms with E-state index in [0.29, 0.717) is 0 Å². The summed E-state index contributed by atoms with van der Waals surface area (Å²) >= 11 is 7.47. The molecule has 1 aliphatic carbocycles. The van der Waals surface area contributed by atoms with Gasteiger partial charge in [0.1, 0.15) is 0 Å². The first-order chi connectivity index (χ1) is 13.2. The summed E-state index contributed by atoms with van der Waals surface area (Å²) in [6.45, 7) is 1.71. The fraction of sp³-hybridized carbons (Fsp3) is 0.478. The first-order valence-corrected chi connectivity index (χ1v) is 11.6. The monoisotopic (exact) mass is 490 g/mol. The van der Waals surface area contributed by atoms with Gasteiger partial charge in [0, 0.05) is 22.2 Å². The normalized spacial score (nSPS) is 26.4. The molecule has 5 rings (SSSR count). The molecule has 0 aromatic heterocycles. The van der Waals surface area contributed by atoms with Gasteiger partial charge in [-0.05, 0) is 85.0 Å². The molecule has 0 saturated carbocycles. The van der Waals surface area contributed by atoms with Gasteiger partial charge in [0.15, 0.2) is 0 Å². The Morgan fingerprint density at radius 1 is 0.704 bits per heavy atom. The van der Waals surface area contributed by atoms with Gasteiger partial charge in [0.2, 0.25) is 0 Å². The van der Waals surface area contributed by atoms with Crippen LogP contribution in [0.5, 0.6) is 0 Å². The van der Waals surface area contributed by atoms with Crippen molar-refractivity contribution in [2.45, 2.75) is 56.1 Å². The molecule has 0 bridgehead atoms. The van der Waals surface area contributed by atoms with Gasteiger partial charge < -0.3 is 9.47 Å². The highest BCUT2D eigenvalue weighted by molar-refractivity contribution is 9.10. The summed E-state index contributed by atoms with van der Waals surface area (Å²) in [5, 5.41) is 0. The van der Waals surface area contributed by atoms with Gasteiger partial charge in [-0.1, -0.05) is 44.0 Å². The minimum atomic E-state index is -0.223. The summed E-state index contributed by atoms with van der Waals surface area (Å²) in [7, 11) is 0. The van der Waals surface area contributed by atoms with Gasteiger partial charge in [-0.2, -0.15) is 0 Å². The largest absolute Gasteiger partial charge is 0.377 e. The molecule has 0 radical (unpaired) electrons. The molecule has 2 nitrogen and oxygen atoms in total. The molecule has 4 heteroatoms. The zero-order valence-electron chi connectivity index (χ0n) is 15.3. The Balaban J connectivity index is 1.80. The predicted octanol–water partition coefficient (Wildman–Crippen LogP) is 6.62. The molecule has 2 saturated heterocycles. The van der Waals surface area contributed by atoms with Crippen LogP contribution in [0.15, 0.2) is 45.3 Å². The molecular formula is C23H24Br2O2. The lowest BCUT2D eigenvalue weighted by Gasteiger charge is -2.47. The van der Waals surface area contributed by atoms with Gasteiger partial charge in [-0.15, -0.1) is 0 Å². The van der Waals surface area contributed by atoms with Crippen LogP contribution >= 0.6 is 31.9 Å². The van der Waals surface area contributed by atoms with E-state index < -0.39 is 0 Å². The average molecular weight is 492 g/mol. The summed E-state index contributed by atoms with van der Waals surface area (Å²) in [6, 6.07) is 13.5. The van der Waals surface area contributed by atoms with Gasteiger partial charge in [-0.25, -0.2) is 0 Å². The van der Waals surface area contributed by atoms with E-state index in [1.807, 2.05) is 0 Å². The average Bonchev–Trinajstić information content (AvgIpc) is 2.99. The van der Waals surface area contributed by atoms with Gasteiger partial charge >= 0.3 is 0 Å². The van der Waals surface area contributed by atoms with Gasteiger partial charge in [0.25, 0.3) is 0 Å². The summed E-state index contributed by atoms with van der Waals surface area (Å²) in [6.07, 6.45) is 7.30. The zero-order chi connectivity index (χ0) is 18.4. The van der Waals surface area contributed by atoms with E-state index in [4.69, 9.17) is 9.47 Å². The number of fused-ring (bicyclic) bond motifs is 3. The minimum Gasteiger partial charge on any atom is -0.377 e. The van der Waals surface area contributed by atoms with Crippen molar-refractivity contribution in [3.8, 4) is 11.1 Å². The molecule has 0 N–H and O–H groups in total. The van der Waals surface area contributed by atoms with Crippen LogP contribution in [0.25, 0.3) is 11.1 Å². The number of halogens is 2. The van der Waals surface area contributed by atoms with Crippen LogP contribution in [0.1, 0.15) is 49.7 Å². The van der Waals surface area contributed by atoms with E-state index in [2.05, 4.69) is 68.3 Å². The second-order valence-electron chi connectivity index (χ2n) is 7.96. The van der Waals surface area contributed by atoms with Gasteiger partial charge in [0.05, 0.1) is 17.6 Å². The van der Waals surface area contributed by atoms with Gasteiger partial charge in [-0.3, -0.25) is 0 Å². The highest BCUT2D eigenvalue weighted by Crippen LogP contribution is 2.57. The molecular weight excluding hydrogens is 468 g/mol. The van der Waals surface area contributed by atoms with Crippen LogP contribution in [0, 0.1) is 0 Å². The standard InChI is InChI=1S/C23H24Br2O2/c24-15-7-9-17-18-10-8-16(25)14-20(18)23(19(17)13-15,21-5-1-3-11-26-21)22-6-2-4-12-27-22/h7-10,13-14,21-22H,1-6,11-12H2. The maximum Gasteiger partial charge on any atom is 0.0738 e. The van der Waals surface area contributed by atoms with E-state index in [1.54, 1.807) is 0 Å². The molecule has 2 aliphatic heterocycles. The van der Waals surface area contributed by atoms with E-state index >= 15 is 0 Å². The van der Waals surface area contributed by atoms with Crippen LogP contribution in [-0.2, 0) is 14.9 Å². The van der Waals surface area contributed by atoms with Crippen molar-refractivity contribution < 1.29 is 9.47 Å².